The summed E-state index contributed by atoms with van der Waals surface area (Å²) in [5.41, 5.74) is 14.0. The maximum atomic E-state index is 11.7. The monoisotopic (exact) mass is 662 g/mol. The first-order valence-electron chi connectivity index (χ1n) is 17.3. The van der Waals surface area contributed by atoms with E-state index in [2.05, 4.69) is 99.1 Å². The summed E-state index contributed by atoms with van der Waals surface area (Å²) in [6.07, 6.45) is 10.2. The van der Waals surface area contributed by atoms with E-state index in [9.17, 15) is 5.11 Å². The van der Waals surface area contributed by atoms with Gasteiger partial charge in [-0.25, -0.2) is 15.0 Å². The van der Waals surface area contributed by atoms with E-state index in [1.165, 1.54) is 22.3 Å². The first-order chi connectivity index (χ1) is 24.6. The Balaban J connectivity index is 1.47. The number of aryl methyl sites for hydroxylation is 4. The van der Waals surface area contributed by atoms with Gasteiger partial charge in [-0.2, -0.15) is 0 Å². The third-order valence-electron chi connectivity index (χ3n) is 9.84. The van der Waals surface area contributed by atoms with Crippen LogP contribution in [0.3, 0.4) is 0 Å². The summed E-state index contributed by atoms with van der Waals surface area (Å²) in [5, 5.41) is 13.5. The highest BCUT2D eigenvalue weighted by Crippen LogP contribution is 2.41. The van der Waals surface area contributed by atoms with Gasteiger partial charge in [0.25, 0.3) is 0 Å². The summed E-state index contributed by atoms with van der Waals surface area (Å²) in [4.78, 5) is 19.4. The Morgan fingerprint density at radius 1 is 0.647 bits per heavy atom. The second kappa shape index (κ2) is 12.3. The lowest BCUT2D eigenvalue weighted by Crippen LogP contribution is -2.25. The Hall–Kier alpha value is -6.25. The van der Waals surface area contributed by atoms with Gasteiger partial charge in [0.05, 0.1) is 39.5 Å². The van der Waals surface area contributed by atoms with Crippen molar-refractivity contribution in [2.75, 3.05) is 0 Å². The molecule has 2 N–H and O–H groups in total. The molecule has 0 radical (unpaired) electrons. The third-order valence-corrected chi connectivity index (χ3v) is 9.84. The first kappa shape index (κ1) is 32.0. The van der Waals surface area contributed by atoms with Gasteiger partial charge in [0.1, 0.15) is 11.5 Å². The fourth-order valence-corrected chi connectivity index (χ4v) is 7.31. The van der Waals surface area contributed by atoms with Crippen molar-refractivity contribution in [3.8, 4) is 11.8 Å². The fourth-order valence-electron chi connectivity index (χ4n) is 7.31. The molecule has 0 spiro atoms. The quantitative estimate of drug-likeness (QED) is 0.209. The zero-order valence-corrected chi connectivity index (χ0v) is 29.7. The normalized spacial score (nSPS) is 17.4. The van der Waals surface area contributed by atoms with E-state index in [-0.39, 0.29) is 5.76 Å². The predicted molar refractivity (Wildman–Crippen MR) is 210 cm³/mol. The number of aliphatic hydroxyl groups is 1. The molecule has 0 saturated carbocycles. The largest absolute Gasteiger partial charge is 0.509 e. The molecule has 5 nitrogen and oxygen atoms in total. The molecule has 3 aromatic carbocycles. The average Bonchev–Trinajstić information content (AvgIpc) is 3.91. The van der Waals surface area contributed by atoms with Crippen LogP contribution in [-0.4, -0.2) is 27.2 Å². The number of nitrogens with one attached hydrogen (secondary N) is 1. The highest BCUT2D eigenvalue weighted by molar-refractivity contribution is 6.35. The van der Waals surface area contributed by atoms with Gasteiger partial charge in [-0.05, 0) is 118 Å². The number of allylic oxidation sites excluding steroid dienone is 8. The van der Waals surface area contributed by atoms with Crippen LogP contribution in [0.1, 0.15) is 52.8 Å². The van der Waals surface area contributed by atoms with Gasteiger partial charge >= 0.3 is 0 Å². The fraction of sp³-hybridized carbons (Fsp3) is 0.152. The molecule has 0 aliphatic carbocycles. The molecule has 248 valence electrons. The van der Waals surface area contributed by atoms with Gasteiger partial charge in [-0.1, -0.05) is 77.6 Å². The number of aromatic nitrogens is 1. The molecule has 0 atom stereocenters. The molecular formula is C46H38N4O. The van der Waals surface area contributed by atoms with Crippen LogP contribution >= 0.6 is 0 Å². The number of benzene rings is 3. The zero-order valence-electron chi connectivity index (χ0n) is 29.7. The number of nitrogens with zero attached hydrogens (tertiary/aromatic N) is 3. The zero-order chi connectivity index (χ0) is 35.4. The van der Waals surface area contributed by atoms with E-state index in [0.29, 0.717) is 22.7 Å². The van der Waals surface area contributed by atoms with Crippen LogP contribution in [0, 0.1) is 45.0 Å². The Kier molecular flexibility index (Phi) is 7.69. The Labute approximate surface area is 298 Å². The van der Waals surface area contributed by atoms with Crippen molar-refractivity contribution >= 4 is 34.4 Å². The summed E-state index contributed by atoms with van der Waals surface area (Å²) in [6.45, 7) is 12.5. The van der Waals surface area contributed by atoms with Crippen LogP contribution in [0.2, 0.25) is 0 Å². The SMILES string of the molecule is Cc1ccc(C2=C3C=CC(=N3)C(c3c(C)cc(C)cc3C)=c3ccc([nH]3)=CC3=C(O)C(C)(C)C(=N3)C(C#Cc3ccccc3)=C3C=CC2=N3)cc1. The molecule has 0 amide bonds. The van der Waals surface area contributed by atoms with Crippen LogP contribution in [0.25, 0.3) is 17.2 Å². The molecule has 0 fully saturated rings. The molecule has 51 heavy (non-hydrogen) atoms. The molecule has 4 aromatic rings. The number of fused-ring (bicyclic) bond motifs is 5. The number of aliphatic hydroxyl groups excluding tert-OH is 1. The number of H-pyrrole nitrogens is 1. The Bertz CT molecular complexity index is 2590. The van der Waals surface area contributed by atoms with E-state index in [4.69, 9.17) is 15.0 Å². The van der Waals surface area contributed by atoms with Gasteiger partial charge in [0.2, 0.25) is 0 Å². The van der Waals surface area contributed by atoms with Crippen molar-refractivity contribution in [2.45, 2.75) is 41.5 Å². The lowest BCUT2D eigenvalue weighted by Gasteiger charge is -2.21. The average molecular weight is 663 g/mol. The third kappa shape index (κ3) is 5.69. The van der Waals surface area contributed by atoms with Crippen LogP contribution < -0.4 is 10.7 Å². The minimum atomic E-state index is -0.812. The highest BCUT2D eigenvalue weighted by atomic mass is 16.3. The molecule has 1 aromatic heterocycles. The first-order valence-corrected chi connectivity index (χ1v) is 17.3. The molecule has 8 rings (SSSR count). The molecule has 5 heterocycles. The Morgan fingerprint density at radius 2 is 1.31 bits per heavy atom. The molecule has 4 aliphatic heterocycles. The summed E-state index contributed by atoms with van der Waals surface area (Å²) >= 11 is 0. The Morgan fingerprint density at radius 3 is 2.04 bits per heavy atom. The lowest BCUT2D eigenvalue weighted by molar-refractivity contribution is 0.320. The molecule has 5 heteroatoms. The van der Waals surface area contributed by atoms with E-state index >= 15 is 0 Å². The van der Waals surface area contributed by atoms with E-state index in [0.717, 1.165) is 55.7 Å². The number of hydrogen-bond donors (Lipinski definition) is 2. The maximum absolute atomic E-state index is 11.7. The van der Waals surface area contributed by atoms with Crippen molar-refractivity contribution in [2.24, 2.45) is 20.4 Å². The van der Waals surface area contributed by atoms with Gasteiger partial charge in [0, 0.05) is 27.4 Å². The summed E-state index contributed by atoms with van der Waals surface area (Å²) in [7, 11) is 0. The van der Waals surface area contributed by atoms with Crippen molar-refractivity contribution in [3.05, 3.63) is 181 Å². The minimum absolute atomic E-state index is 0.187. The molecule has 0 saturated heterocycles. The van der Waals surface area contributed by atoms with Crippen molar-refractivity contribution < 1.29 is 5.11 Å². The van der Waals surface area contributed by atoms with Crippen LogP contribution in [0.5, 0.6) is 0 Å². The maximum Gasteiger partial charge on any atom is 0.129 e. The molecular weight excluding hydrogens is 625 g/mol. The number of aromatic amines is 1. The molecule has 0 unspecified atom stereocenters. The number of rotatable bonds is 2. The van der Waals surface area contributed by atoms with E-state index < -0.39 is 5.41 Å². The standard InChI is InChI=1S/C46H38N4O/c1-27-12-15-32(16-13-27)42-36-21-20-35(48-36)34(18-14-31-10-8-7-9-11-31)44-46(5,6)45(51)40(50-44)26-33-17-19-38(47-33)43(39-23-22-37(42)49-39)41-29(3)24-28(2)25-30(41)4/h7-13,15-17,19-26,47,51H,1-6H3. The topological polar surface area (TPSA) is 73.1 Å². The lowest BCUT2D eigenvalue weighted by atomic mass is 9.82. The molecule has 4 aliphatic rings. The van der Waals surface area contributed by atoms with Crippen LogP contribution in [-0.2, 0) is 0 Å². The van der Waals surface area contributed by atoms with Crippen molar-refractivity contribution in [3.63, 3.8) is 0 Å². The van der Waals surface area contributed by atoms with Gasteiger partial charge in [-0.3, -0.25) is 0 Å². The summed E-state index contributed by atoms with van der Waals surface area (Å²) < 4.78 is 0. The van der Waals surface area contributed by atoms with Crippen molar-refractivity contribution in [1.82, 2.24) is 4.98 Å². The summed E-state index contributed by atoms with van der Waals surface area (Å²) in [6, 6.07) is 27.0. The number of hydrogen-bond acceptors (Lipinski definition) is 4. The van der Waals surface area contributed by atoms with E-state index in [1.54, 1.807) is 0 Å². The number of aliphatic imine (C=N–C) groups is 3. The second-order valence-electron chi connectivity index (χ2n) is 14.1. The second-order valence-corrected chi connectivity index (χ2v) is 14.1. The summed E-state index contributed by atoms with van der Waals surface area (Å²) in [5.74, 6) is 6.95. The highest BCUT2D eigenvalue weighted by Gasteiger charge is 2.40. The van der Waals surface area contributed by atoms with Crippen molar-refractivity contribution in [1.29, 1.82) is 0 Å². The van der Waals surface area contributed by atoms with Crippen LogP contribution in [0.4, 0.5) is 0 Å². The predicted octanol–water partition coefficient (Wildman–Crippen LogP) is 8.23. The minimum Gasteiger partial charge on any atom is -0.509 e. The van der Waals surface area contributed by atoms with Gasteiger partial charge in [0.15, 0.2) is 0 Å². The van der Waals surface area contributed by atoms with E-state index in [1.807, 2.05) is 68.5 Å². The smallest absolute Gasteiger partial charge is 0.129 e. The molecule has 8 bridgehead atoms. The van der Waals surface area contributed by atoms with Crippen LogP contribution in [0.15, 0.2) is 147 Å². The van der Waals surface area contributed by atoms with Gasteiger partial charge in [-0.15, -0.1) is 0 Å². The van der Waals surface area contributed by atoms with Gasteiger partial charge < -0.3 is 10.1 Å².